The third-order valence-corrected chi connectivity index (χ3v) is 4.30. The number of halogens is 2. The maximum Gasteiger partial charge on any atom is 0.0674 e. The van der Waals surface area contributed by atoms with Crippen LogP contribution in [0.25, 0.3) is 0 Å². The standard InChI is InChI=1S/C15H14Cl2OS/c16-12-3-1-11(2-4-12)9-14(18)10-19-15-7-5-13(17)6-8-15/h1-8,14,18H,9-10H2. The Morgan fingerprint density at radius 1 is 0.895 bits per heavy atom. The number of aliphatic hydroxyl groups is 1. The van der Waals surface area contributed by atoms with Gasteiger partial charge in [0.05, 0.1) is 6.10 Å². The highest BCUT2D eigenvalue weighted by Gasteiger charge is 2.06. The van der Waals surface area contributed by atoms with E-state index in [0.29, 0.717) is 17.2 Å². The van der Waals surface area contributed by atoms with Crippen molar-refractivity contribution in [1.82, 2.24) is 0 Å². The second-order valence-electron chi connectivity index (χ2n) is 4.25. The summed E-state index contributed by atoms with van der Waals surface area (Å²) >= 11 is 13.3. The van der Waals surface area contributed by atoms with E-state index in [-0.39, 0.29) is 6.10 Å². The van der Waals surface area contributed by atoms with Crippen LogP contribution in [0, 0.1) is 0 Å². The Morgan fingerprint density at radius 3 is 2.00 bits per heavy atom. The molecule has 0 aromatic heterocycles. The van der Waals surface area contributed by atoms with Crippen molar-refractivity contribution in [3.05, 3.63) is 64.1 Å². The normalized spacial score (nSPS) is 12.4. The van der Waals surface area contributed by atoms with E-state index < -0.39 is 0 Å². The van der Waals surface area contributed by atoms with Gasteiger partial charge in [-0.2, -0.15) is 0 Å². The van der Waals surface area contributed by atoms with Gasteiger partial charge in [0.15, 0.2) is 0 Å². The van der Waals surface area contributed by atoms with Crippen molar-refractivity contribution in [2.75, 3.05) is 5.75 Å². The zero-order valence-corrected chi connectivity index (χ0v) is 12.6. The van der Waals surface area contributed by atoms with E-state index in [1.165, 1.54) is 0 Å². The zero-order valence-electron chi connectivity index (χ0n) is 10.2. The van der Waals surface area contributed by atoms with Gasteiger partial charge in [0.2, 0.25) is 0 Å². The maximum absolute atomic E-state index is 10.0. The van der Waals surface area contributed by atoms with Crippen LogP contribution in [0.1, 0.15) is 5.56 Å². The lowest BCUT2D eigenvalue weighted by molar-refractivity contribution is 0.200. The Balaban J connectivity index is 1.82. The second kappa shape index (κ2) is 7.20. The molecule has 2 aromatic carbocycles. The van der Waals surface area contributed by atoms with Crippen LogP contribution in [-0.4, -0.2) is 17.0 Å². The first-order valence-electron chi connectivity index (χ1n) is 5.94. The fraction of sp³-hybridized carbons (Fsp3) is 0.200. The molecule has 0 bridgehead atoms. The average molecular weight is 313 g/mol. The van der Waals surface area contributed by atoms with Gasteiger partial charge in [0.1, 0.15) is 0 Å². The predicted octanol–water partition coefficient (Wildman–Crippen LogP) is 4.69. The highest BCUT2D eigenvalue weighted by molar-refractivity contribution is 7.99. The van der Waals surface area contributed by atoms with Crippen LogP contribution in [0.3, 0.4) is 0 Å². The van der Waals surface area contributed by atoms with Crippen LogP contribution in [0.4, 0.5) is 0 Å². The molecule has 1 N–H and O–H groups in total. The van der Waals surface area contributed by atoms with E-state index >= 15 is 0 Å². The molecular formula is C15H14Cl2OS. The van der Waals surface area contributed by atoms with Crippen molar-refractivity contribution in [3.63, 3.8) is 0 Å². The van der Waals surface area contributed by atoms with Crippen molar-refractivity contribution in [2.45, 2.75) is 17.4 Å². The summed E-state index contributed by atoms with van der Waals surface area (Å²) < 4.78 is 0. The van der Waals surface area contributed by atoms with E-state index in [1.54, 1.807) is 11.8 Å². The Labute approximate surface area is 127 Å². The summed E-state index contributed by atoms with van der Waals surface area (Å²) in [6.07, 6.45) is 0.263. The van der Waals surface area contributed by atoms with E-state index in [4.69, 9.17) is 23.2 Å². The molecule has 0 aliphatic heterocycles. The van der Waals surface area contributed by atoms with Gasteiger partial charge in [-0.05, 0) is 48.4 Å². The molecule has 0 amide bonds. The van der Waals surface area contributed by atoms with Gasteiger partial charge >= 0.3 is 0 Å². The molecule has 1 unspecified atom stereocenters. The summed E-state index contributed by atoms with van der Waals surface area (Å²) in [5, 5.41) is 11.5. The Bertz CT molecular complexity index is 511. The first kappa shape index (κ1) is 14.7. The number of hydrogen-bond donors (Lipinski definition) is 1. The first-order chi connectivity index (χ1) is 9.13. The minimum absolute atomic E-state index is 0.373. The number of rotatable bonds is 5. The molecule has 2 rings (SSSR count). The van der Waals surface area contributed by atoms with Crippen molar-refractivity contribution >= 4 is 35.0 Å². The van der Waals surface area contributed by atoms with Gasteiger partial charge in [-0.15, -0.1) is 11.8 Å². The van der Waals surface area contributed by atoms with Crippen LogP contribution in [-0.2, 0) is 6.42 Å². The second-order valence-corrected chi connectivity index (χ2v) is 6.22. The van der Waals surface area contributed by atoms with Crippen molar-refractivity contribution in [2.24, 2.45) is 0 Å². The third-order valence-electron chi connectivity index (χ3n) is 2.64. The molecule has 1 atom stereocenters. The highest BCUT2D eigenvalue weighted by atomic mass is 35.5. The highest BCUT2D eigenvalue weighted by Crippen LogP contribution is 2.22. The number of hydrogen-bond acceptors (Lipinski definition) is 2. The van der Waals surface area contributed by atoms with Gasteiger partial charge in [-0.1, -0.05) is 35.3 Å². The summed E-state index contributed by atoms with van der Waals surface area (Å²) in [6.45, 7) is 0. The molecule has 19 heavy (non-hydrogen) atoms. The van der Waals surface area contributed by atoms with Gasteiger partial charge in [0.25, 0.3) is 0 Å². The van der Waals surface area contributed by atoms with E-state index in [2.05, 4.69) is 0 Å². The molecule has 0 heterocycles. The monoisotopic (exact) mass is 312 g/mol. The largest absolute Gasteiger partial charge is 0.392 e. The first-order valence-corrected chi connectivity index (χ1v) is 7.68. The Kier molecular flexibility index (Phi) is 5.59. The average Bonchev–Trinajstić information content (AvgIpc) is 2.41. The van der Waals surface area contributed by atoms with E-state index in [1.807, 2.05) is 48.5 Å². The third kappa shape index (κ3) is 5.07. The summed E-state index contributed by atoms with van der Waals surface area (Å²) in [6, 6.07) is 15.2. The minimum atomic E-state index is -0.373. The molecule has 0 saturated carbocycles. The summed E-state index contributed by atoms with van der Waals surface area (Å²) in [5.41, 5.74) is 1.09. The lowest BCUT2D eigenvalue weighted by Gasteiger charge is -2.10. The Morgan fingerprint density at radius 2 is 1.42 bits per heavy atom. The predicted molar refractivity (Wildman–Crippen MR) is 83.3 cm³/mol. The van der Waals surface area contributed by atoms with Crippen LogP contribution >= 0.6 is 35.0 Å². The summed E-state index contributed by atoms with van der Waals surface area (Å²) in [7, 11) is 0. The molecule has 0 spiro atoms. The molecular weight excluding hydrogens is 299 g/mol. The lowest BCUT2D eigenvalue weighted by Crippen LogP contribution is -2.13. The Hall–Kier alpha value is -0.670. The minimum Gasteiger partial charge on any atom is -0.392 e. The van der Waals surface area contributed by atoms with Crippen LogP contribution < -0.4 is 0 Å². The molecule has 0 radical (unpaired) electrons. The summed E-state index contributed by atoms with van der Waals surface area (Å²) in [4.78, 5) is 1.11. The molecule has 100 valence electrons. The van der Waals surface area contributed by atoms with Crippen molar-refractivity contribution < 1.29 is 5.11 Å². The lowest BCUT2D eigenvalue weighted by atomic mass is 10.1. The quantitative estimate of drug-likeness (QED) is 0.808. The molecule has 0 aliphatic carbocycles. The van der Waals surface area contributed by atoms with Crippen LogP contribution in [0.5, 0.6) is 0 Å². The fourth-order valence-electron chi connectivity index (χ4n) is 1.67. The summed E-state index contributed by atoms with van der Waals surface area (Å²) in [5.74, 6) is 0.657. The van der Waals surface area contributed by atoms with Gasteiger partial charge in [0, 0.05) is 20.7 Å². The molecule has 0 fully saturated rings. The van der Waals surface area contributed by atoms with Crippen molar-refractivity contribution in [3.8, 4) is 0 Å². The van der Waals surface area contributed by atoms with Crippen molar-refractivity contribution in [1.29, 1.82) is 0 Å². The molecule has 1 nitrogen and oxygen atoms in total. The topological polar surface area (TPSA) is 20.2 Å². The maximum atomic E-state index is 10.0. The van der Waals surface area contributed by atoms with Gasteiger partial charge in [-0.3, -0.25) is 0 Å². The molecule has 2 aromatic rings. The zero-order chi connectivity index (χ0) is 13.7. The van der Waals surface area contributed by atoms with Gasteiger partial charge < -0.3 is 5.11 Å². The number of thioether (sulfide) groups is 1. The smallest absolute Gasteiger partial charge is 0.0674 e. The molecule has 0 aliphatic rings. The number of benzene rings is 2. The number of aliphatic hydroxyl groups excluding tert-OH is 1. The molecule has 4 heteroatoms. The van der Waals surface area contributed by atoms with E-state index in [9.17, 15) is 5.11 Å². The van der Waals surface area contributed by atoms with E-state index in [0.717, 1.165) is 15.5 Å². The molecule has 0 saturated heterocycles. The van der Waals surface area contributed by atoms with Crippen LogP contribution in [0.2, 0.25) is 10.0 Å². The SMILES string of the molecule is OC(CSc1ccc(Cl)cc1)Cc1ccc(Cl)cc1. The van der Waals surface area contributed by atoms with Gasteiger partial charge in [-0.25, -0.2) is 0 Å². The van der Waals surface area contributed by atoms with Crippen LogP contribution in [0.15, 0.2) is 53.4 Å². The fourth-order valence-corrected chi connectivity index (χ4v) is 2.76.